The molecule has 2 fully saturated rings. The van der Waals surface area contributed by atoms with Gasteiger partial charge in [-0.15, -0.1) is 0 Å². The van der Waals surface area contributed by atoms with E-state index in [-0.39, 0.29) is 18.0 Å². The molecule has 0 bridgehead atoms. The van der Waals surface area contributed by atoms with Crippen molar-refractivity contribution in [1.82, 2.24) is 9.88 Å². The second-order valence-electron chi connectivity index (χ2n) is 13.2. The Kier molecular flexibility index (Phi) is 9.75. The summed E-state index contributed by atoms with van der Waals surface area (Å²) in [5.41, 5.74) is 2.04. The van der Waals surface area contributed by atoms with E-state index in [0.717, 1.165) is 5.56 Å². The normalized spacial score (nSPS) is 21.0. The number of carboxylic acid groups (broad SMARTS) is 1. The van der Waals surface area contributed by atoms with Crippen LogP contribution in [0.3, 0.4) is 0 Å². The van der Waals surface area contributed by atoms with Gasteiger partial charge in [0.2, 0.25) is 0 Å². The van der Waals surface area contributed by atoms with Crippen LogP contribution in [-0.2, 0) is 11.3 Å². The molecule has 15 heteroatoms. The zero-order valence-electron chi connectivity index (χ0n) is 28.2. The lowest BCUT2D eigenvalue weighted by Gasteiger charge is -2.39. The molecule has 2 saturated heterocycles. The zero-order valence-corrected chi connectivity index (χ0v) is 28.2. The van der Waals surface area contributed by atoms with Gasteiger partial charge in [-0.1, -0.05) is 18.2 Å². The number of halogens is 7. The number of pyridine rings is 1. The number of benzene rings is 2. The van der Waals surface area contributed by atoms with Crippen LogP contribution in [0, 0.1) is 18.8 Å². The van der Waals surface area contributed by atoms with Crippen molar-refractivity contribution in [3.05, 3.63) is 88.7 Å². The van der Waals surface area contributed by atoms with E-state index >= 15 is 0 Å². The molecule has 276 valence electrons. The molecule has 3 atom stereocenters. The van der Waals surface area contributed by atoms with Crippen molar-refractivity contribution >= 4 is 17.9 Å². The highest BCUT2D eigenvalue weighted by atomic mass is 19.4. The number of hydrogen-bond donors (Lipinski definition) is 1. The summed E-state index contributed by atoms with van der Waals surface area (Å²) in [4.78, 5) is 32.6. The third-order valence-electron chi connectivity index (χ3n) is 9.77. The maximum Gasteiger partial charge on any atom is 0.412 e. The SMILES string of the molecule is COc1ccc(-c2ccc(C(=O)O)cc2C)cc1-c1cnc(N2CC(CF)C2)cc1CN1C(=O)O[C@H](C2=CC(C(F)(F)F)CC(C(F)(F)F)=C2)[C@@H]1C. The molecule has 3 aliphatic rings. The molecule has 52 heavy (non-hydrogen) atoms. The fourth-order valence-corrected chi connectivity index (χ4v) is 6.86. The van der Waals surface area contributed by atoms with E-state index in [2.05, 4.69) is 4.98 Å². The van der Waals surface area contributed by atoms with Gasteiger partial charge in [-0.25, -0.2) is 14.6 Å². The molecule has 3 heterocycles. The number of anilines is 1. The molecule has 3 aromatic rings. The van der Waals surface area contributed by atoms with E-state index < -0.39 is 66.7 Å². The summed E-state index contributed by atoms with van der Waals surface area (Å²) in [6, 6.07) is 10.8. The number of aromatic nitrogens is 1. The van der Waals surface area contributed by atoms with Crippen LogP contribution in [0.2, 0.25) is 0 Å². The van der Waals surface area contributed by atoms with E-state index in [9.17, 15) is 45.4 Å². The van der Waals surface area contributed by atoms with Crippen LogP contribution in [0.5, 0.6) is 5.75 Å². The van der Waals surface area contributed by atoms with Gasteiger partial charge in [0.15, 0.2) is 0 Å². The highest BCUT2D eigenvalue weighted by Crippen LogP contribution is 2.44. The predicted octanol–water partition coefficient (Wildman–Crippen LogP) is 8.54. The van der Waals surface area contributed by atoms with Gasteiger partial charge >= 0.3 is 24.4 Å². The second kappa shape index (κ2) is 13.8. The smallest absolute Gasteiger partial charge is 0.412 e. The number of aryl methyl sites for hydroxylation is 1. The van der Waals surface area contributed by atoms with Crippen molar-refractivity contribution in [2.45, 2.75) is 51.3 Å². The molecular formula is C37H34F7N3O5. The van der Waals surface area contributed by atoms with Gasteiger partial charge in [0.1, 0.15) is 17.7 Å². The molecule has 0 spiro atoms. The predicted molar refractivity (Wildman–Crippen MR) is 177 cm³/mol. The fourth-order valence-electron chi connectivity index (χ4n) is 6.86. The Morgan fingerprint density at radius 2 is 1.77 bits per heavy atom. The van der Waals surface area contributed by atoms with Gasteiger partial charge in [0, 0.05) is 41.9 Å². The van der Waals surface area contributed by atoms with Gasteiger partial charge in [-0.2, -0.15) is 26.3 Å². The van der Waals surface area contributed by atoms with Gasteiger partial charge in [0.25, 0.3) is 0 Å². The number of carboxylic acids is 1. The molecule has 0 radical (unpaired) electrons. The first-order chi connectivity index (χ1) is 24.5. The molecule has 6 rings (SSSR count). The lowest BCUT2D eigenvalue weighted by molar-refractivity contribution is -0.166. The van der Waals surface area contributed by atoms with Gasteiger partial charge in [-0.3, -0.25) is 9.29 Å². The summed E-state index contributed by atoms with van der Waals surface area (Å²) in [7, 11) is 1.46. The van der Waals surface area contributed by atoms with Gasteiger partial charge in [0.05, 0.1) is 37.9 Å². The monoisotopic (exact) mass is 733 g/mol. The molecule has 1 aromatic heterocycles. The Labute approximate surface area is 294 Å². The van der Waals surface area contributed by atoms with Crippen molar-refractivity contribution in [3.8, 4) is 28.0 Å². The summed E-state index contributed by atoms with van der Waals surface area (Å²) < 4.78 is 107. The fraction of sp³-hybridized carbons (Fsp3) is 0.378. The lowest BCUT2D eigenvalue weighted by atomic mass is 9.86. The Bertz CT molecular complexity index is 1950. The minimum Gasteiger partial charge on any atom is -0.496 e. The van der Waals surface area contributed by atoms with Crippen LogP contribution in [0.4, 0.5) is 41.3 Å². The molecule has 2 aliphatic heterocycles. The van der Waals surface area contributed by atoms with Crippen LogP contribution in [0.1, 0.15) is 34.8 Å². The van der Waals surface area contributed by atoms with Crippen molar-refractivity contribution < 1.29 is 54.9 Å². The van der Waals surface area contributed by atoms with Crippen LogP contribution in [0.25, 0.3) is 22.3 Å². The topological polar surface area (TPSA) is 92.2 Å². The summed E-state index contributed by atoms with van der Waals surface area (Å²) in [5.74, 6) is -2.76. The van der Waals surface area contributed by atoms with E-state index in [4.69, 9.17) is 9.47 Å². The summed E-state index contributed by atoms with van der Waals surface area (Å²) in [5, 5.41) is 9.43. The number of carbonyl (C=O) groups is 2. The Morgan fingerprint density at radius 3 is 2.38 bits per heavy atom. The average molecular weight is 734 g/mol. The minimum atomic E-state index is -5.01. The van der Waals surface area contributed by atoms with Crippen molar-refractivity contribution in [3.63, 3.8) is 0 Å². The lowest BCUT2D eigenvalue weighted by Crippen LogP contribution is -2.48. The Morgan fingerprint density at radius 1 is 1.04 bits per heavy atom. The number of hydrogen-bond acceptors (Lipinski definition) is 6. The van der Waals surface area contributed by atoms with E-state index in [1.807, 2.05) is 11.0 Å². The number of amides is 1. The number of nitrogens with zero attached hydrogens (tertiary/aromatic N) is 3. The number of rotatable bonds is 9. The molecule has 0 saturated carbocycles. The second-order valence-corrected chi connectivity index (χ2v) is 13.2. The average Bonchev–Trinajstić information content (AvgIpc) is 3.35. The number of carbonyl (C=O) groups excluding carboxylic acids is 1. The maximum absolute atomic E-state index is 13.7. The summed E-state index contributed by atoms with van der Waals surface area (Å²) >= 11 is 0. The minimum absolute atomic E-state index is 0.117. The third-order valence-corrected chi connectivity index (χ3v) is 9.77. The summed E-state index contributed by atoms with van der Waals surface area (Å²) in [6.45, 7) is 3.38. The molecule has 1 amide bonds. The van der Waals surface area contributed by atoms with E-state index in [1.165, 1.54) is 25.0 Å². The van der Waals surface area contributed by atoms with Crippen LogP contribution in [-0.4, -0.2) is 78.4 Å². The van der Waals surface area contributed by atoms with Crippen LogP contribution in [0.15, 0.2) is 72.0 Å². The molecule has 1 N–H and O–H groups in total. The quantitative estimate of drug-likeness (QED) is 0.221. The number of methoxy groups -OCH3 is 1. The van der Waals surface area contributed by atoms with Crippen LogP contribution >= 0.6 is 0 Å². The highest BCUT2D eigenvalue weighted by molar-refractivity contribution is 5.89. The van der Waals surface area contributed by atoms with Crippen molar-refractivity contribution in [2.24, 2.45) is 11.8 Å². The zero-order chi connectivity index (χ0) is 37.7. The molecule has 1 unspecified atom stereocenters. The first-order valence-corrected chi connectivity index (χ1v) is 16.3. The van der Waals surface area contributed by atoms with Gasteiger partial charge < -0.3 is 19.5 Å². The van der Waals surface area contributed by atoms with Crippen molar-refractivity contribution in [2.75, 3.05) is 31.8 Å². The third kappa shape index (κ3) is 7.17. The first kappa shape index (κ1) is 36.7. The number of allylic oxidation sites excluding steroid dienone is 2. The van der Waals surface area contributed by atoms with Crippen LogP contribution < -0.4 is 9.64 Å². The summed E-state index contributed by atoms with van der Waals surface area (Å²) in [6.07, 6.45) is -10.7. The Hall–Kier alpha value is -5.08. The number of alkyl halides is 7. The largest absolute Gasteiger partial charge is 0.496 e. The number of cyclic esters (lactones) is 1. The number of ether oxygens (including phenoxy) is 2. The highest BCUT2D eigenvalue weighted by Gasteiger charge is 2.48. The Balaban J connectivity index is 1.39. The number of aromatic carboxylic acids is 1. The van der Waals surface area contributed by atoms with Gasteiger partial charge in [-0.05, 0) is 84.5 Å². The first-order valence-electron chi connectivity index (χ1n) is 16.3. The molecule has 1 aliphatic carbocycles. The standard InChI is InChI=1S/C37H34F7N3O5/c1-19-8-23(34(48)49)4-6-28(19)22-5-7-31(51-3)29(11-22)30-15-45-32(46-16-21(14-38)17-46)12-25(30)18-47-20(2)33(52-35(47)50)24-9-26(36(39,40)41)13-27(10-24)37(42,43)44/h4-12,15,20-21,26,33H,13-14,16-18H2,1-3H3,(H,48,49)/t20-,26?,33-/m0/s1. The molecule has 8 nitrogen and oxygen atoms in total. The van der Waals surface area contributed by atoms with E-state index in [0.29, 0.717) is 64.6 Å². The van der Waals surface area contributed by atoms with Crippen molar-refractivity contribution in [1.29, 1.82) is 0 Å². The molecular weight excluding hydrogens is 699 g/mol. The maximum atomic E-state index is 13.7. The molecule has 2 aromatic carbocycles. The van der Waals surface area contributed by atoms with E-state index in [1.54, 1.807) is 43.5 Å².